The van der Waals surface area contributed by atoms with Crippen molar-refractivity contribution in [3.8, 4) is 6.07 Å². The van der Waals surface area contributed by atoms with Gasteiger partial charge in [-0.3, -0.25) is 0 Å². The van der Waals surface area contributed by atoms with E-state index in [9.17, 15) is 0 Å². The molecule has 0 saturated carbocycles. The number of halogens is 1. The smallest absolute Gasteiger partial charge is 0.0968 e. The van der Waals surface area contributed by atoms with Gasteiger partial charge in [0.1, 0.15) is 0 Å². The number of nitrogens with zero attached hydrogens (tertiary/aromatic N) is 1. The fourth-order valence-electron chi connectivity index (χ4n) is 1.17. The summed E-state index contributed by atoms with van der Waals surface area (Å²) in [5, 5.41) is 8.86. The van der Waals surface area contributed by atoms with Gasteiger partial charge in [0, 0.05) is 9.13 Å². The number of nitriles is 1. The Morgan fingerprint density at radius 2 is 2.14 bits per heavy atom. The van der Waals surface area contributed by atoms with E-state index in [-0.39, 0.29) is 0 Å². The Morgan fingerprint density at radius 3 is 2.64 bits per heavy atom. The summed E-state index contributed by atoms with van der Waals surface area (Å²) < 4.78 is 1.07. The van der Waals surface area contributed by atoms with Crippen molar-refractivity contribution in [1.29, 1.82) is 5.26 Å². The number of hydrogen-bond donors (Lipinski definition) is 1. The van der Waals surface area contributed by atoms with Crippen LogP contribution in [0, 0.1) is 14.9 Å². The molecule has 2 nitrogen and oxygen atoms in total. The van der Waals surface area contributed by atoms with Crippen molar-refractivity contribution in [3.63, 3.8) is 0 Å². The molecule has 14 heavy (non-hydrogen) atoms. The normalized spacial score (nSPS) is 11.8. The highest BCUT2D eigenvalue weighted by atomic mass is 127. The van der Waals surface area contributed by atoms with Gasteiger partial charge < -0.3 is 5.73 Å². The molecule has 0 spiro atoms. The average molecular weight is 298 g/mol. The molecule has 72 valence electrons. The van der Waals surface area contributed by atoms with E-state index >= 15 is 0 Å². The van der Waals surface area contributed by atoms with E-state index in [4.69, 9.17) is 11.0 Å². The summed E-state index contributed by atoms with van der Waals surface area (Å²) in [5.74, 6) is 0. The minimum absolute atomic E-state index is 0.597. The predicted octanol–water partition coefficient (Wildman–Crippen LogP) is 2.89. The highest BCUT2D eigenvalue weighted by molar-refractivity contribution is 14.1. The Labute approximate surface area is 97.6 Å². The molecule has 0 aliphatic heterocycles. The van der Waals surface area contributed by atoms with Crippen molar-refractivity contribution in [2.24, 2.45) is 5.73 Å². The molecule has 0 aromatic heterocycles. The van der Waals surface area contributed by atoms with E-state index < -0.39 is 0 Å². The van der Waals surface area contributed by atoms with Gasteiger partial charge in [0.25, 0.3) is 0 Å². The van der Waals surface area contributed by atoms with Gasteiger partial charge in [0.2, 0.25) is 0 Å². The molecule has 1 aromatic rings. The summed E-state index contributed by atoms with van der Waals surface area (Å²) in [7, 11) is 0. The zero-order chi connectivity index (χ0) is 10.6. The number of benzene rings is 1. The van der Waals surface area contributed by atoms with Crippen LogP contribution in [0.15, 0.2) is 29.8 Å². The SMILES string of the molecule is CC/C(C#N)=C(/N)c1ccccc1I. The van der Waals surface area contributed by atoms with Gasteiger partial charge in [-0.15, -0.1) is 0 Å². The Bertz CT molecular complexity index is 402. The lowest BCUT2D eigenvalue weighted by Gasteiger charge is -2.06. The zero-order valence-corrected chi connectivity index (χ0v) is 10.1. The maximum Gasteiger partial charge on any atom is 0.0968 e. The van der Waals surface area contributed by atoms with E-state index in [1.165, 1.54) is 0 Å². The van der Waals surface area contributed by atoms with Crippen molar-refractivity contribution in [2.75, 3.05) is 0 Å². The summed E-state index contributed by atoms with van der Waals surface area (Å²) in [6, 6.07) is 9.92. The standard InChI is InChI=1S/C11H11IN2/c1-2-8(7-13)11(14)9-5-3-4-6-10(9)12/h3-6H,2,14H2,1H3/b11-8-. The van der Waals surface area contributed by atoms with E-state index in [0.29, 0.717) is 17.7 Å². The van der Waals surface area contributed by atoms with Gasteiger partial charge in [-0.2, -0.15) is 5.26 Å². The third kappa shape index (κ3) is 2.26. The summed E-state index contributed by atoms with van der Waals surface area (Å²) in [4.78, 5) is 0. The second kappa shape index (κ2) is 5.01. The molecule has 3 heteroatoms. The molecule has 0 unspecified atom stereocenters. The molecule has 2 N–H and O–H groups in total. The lowest BCUT2D eigenvalue weighted by atomic mass is 10.1. The lowest BCUT2D eigenvalue weighted by Crippen LogP contribution is -2.02. The number of rotatable bonds is 2. The Balaban J connectivity index is 3.25. The Hall–Kier alpha value is -1.02. The van der Waals surface area contributed by atoms with Gasteiger partial charge in [-0.25, -0.2) is 0 Å². The molecule has 0 heterocycles. The Kier molecular flexibility index (Phi) is 3.96. The summed E-state index contributed by atoms with van der Waals surface area (Å²) in [6.07, 6.45) is 0.674. The van der Waals surface area contributed by atoms with E-state index in [1.54, 1.807) is 0 Å². The van der Waals surface area contributed by atoms with Gasteiger partial charge >= 0.3 is 0 Å². The molecule has 0 atom stereocenters. The highest BCUT2D eigenvalue weighted by Crippen LogP contribution is 2.20. The molecule has 0 radical (unpaired) electrons. The lowest BCUT2D eigenvalue weighted by molar-refractivity contribution is 1.14. The Morgan fingerprint density at radius 1 is 1.50 bits per heavy atom. The molecule has 0 aliphatic rings. The van der Waals surface area contributed by atoms with Crippen molar-refractivity contribution in [1.82, 2.24) is 0 Å². The molecule has 0 bridgehead atoms. The van der Waals surface area contributed by atoms with Crippen LogP contribution in [0.5, 0.6) is 0 Å². The monoisotopic (exact) mass is 298 g/mol. The zero-order valence-electron chi connectivity index (χ0n) is 7.92. The third-order valence-corrected chi connectivity index (χ3v) is 2.92. The largest absolute Gasteiger partial charge is 0.397 e. The van der Waals surface area contributed by atoms with Crippen LogP contribution in [0.2, 0.25) is 0 Å². The van der Waals surface area contributed by atoms with E-state index in [1.807, 2.05) is 31.2 Å². The number of allylic oxidation sites excluding steroid dienone is 1. The fourth-order valence-corrected chi connectivity index (χ4v) is 1.85. The van der Waals surface area contributed by atoms with Crippen molar-refractivity contribution < 1.29 is 0 Å². The molecule has 0 amide bonds. The minimum Gasteiger partial charge on any atom is -0.397 e. The fraction of sp³-hybridized carbons (Fsp3) is 0.182. The summed E-state index contributed by atoms with van der Waals surface area (Å²) in [6.45, 7) is 1.93. The second-order valence-corrected chi connectivity index (χ2v) is 4.00. The van der Waals surface area contributed by atoms with E-state index in [0.717, 1.165) is 9.13 Å². The molecular formula is C11H11IN2. The minimum atomic E-state index is 0.597. The van der Waals surface area contributed by atoms with Crippen molar-refractivity contribution in [3.05, 3.63) is 39.0 Å². The van der Waals surface area contributed by atoms with Crippen LogP contribution >= 0.6 is 22.6 Å². The van der Waals surface area contributed by atoms with Crippen LogP contribution in [0.25, 0.3) is 5.70 Å². The maximum atomic E-state index is 8.86. The molecular weight excluding hydrogens is 287 g/mol. The number of hydrogen-bond acceptors (Lipinski definition) is 2. The van der Waals surface area contributed by atoms with Gasteiger partial charge in [0.05, 0.1) is 17.3 Å². The van der Waals surface area contributed by atoms with Crippen LogP contribution in [-0.4, -0.2) is 0 Å². The highest BCUT2D eigenvalue weighted by Gasteiger charge is 2.06. The molecule has 0 fully saturated rings. The first kappa shape index (κ1) is 11.1. The van der Waals surface area contributed by atoms with E-state index in [2.05, 4.69) is 28.7 Å². The van der Waals surface area contributed by atoms with Crippen molar-refractivity contribution in [2.45, 2.75) is 13.3 Å². The third-order valence-electron chi connectivity index (χ3n) is 1.98. The first-order valence-electron chi connectivity index (χ1n) is 4.34. The molecule has 0 aliphatic carbocycles. The van der Waals surface area contributed by atoms with Crippen LogP contribution in [0.3, 0.4) is 0 Å². The first-order chi connectivity index (χ1) is 6.70. The maximum absolute atomic E-state index is 8.86. The van der Waals surface area contributed by atoms with Crippen LogP contribution in [-0.2, 0) is 0 Å². The van der Waals surface area contributed by atoms with Crippen molar-refractivity contribution >= 4 is 28.3 Å². The topological polar surface area (TPSA) is 49.8 Å². The van der Waals surface area contributed by atoms with Gasteiger partial charge in [0.15, 0.2) is 0 Å². The van der Waals surface area contributed by atoms with Gasteiger partial charge in [-0.1, -0.05) is 25.1 Å². The summed E-state index contributed by atoms with van der Waals surface area (Å²) >= 11 is 2.22. The predicted molar refractivity (Wildman–Crippen MR) is 66.2 cm³/mol. The number of nitrogens with two attached hydrogens (primary N) is 1. The quantitative estimate of drug-likeness (QED) is 0.674. The van der Waals surface area contributed by atoms with Crippen LogP contribution < -0.4 is 5.73 Å². The average Bonchev–Trinajstić information content (AvgIpc) is 2.20. The van der Waals surface area contributed by atoms with Gasteiger partial charge in [-0.05, 0) is 35.1 Å². The molecule has 0 saturated heterocycles. The second-order valence-electron chi connectivity index (χ2n) is 2.84. The summed E-state index contributed by atoms with van der Waals surface area (Å²) in [5.41, 5.74) is 8.11. The molecule has 1 rings (SSSR count). The molecule has 1 aromatic carbocycles. The first-order valence-corrected chi connectivity index (χ1v) is 5.42. The van der Waals surface area contributed by atoms with Crippen LogP contribution in [0.4, 0.5) is 0 Å². The van der Waals surface area contributed by atoms with Crippen LogP contribution in [0.1, 0.15) is 18.9 Å².